The summed E-state index contributed by atoms with van der Waals surface area (Å²) in [5, 5.41) is 2.45. The smallest absolute Gasteiger partial charge is 0.216 e. The summed E-state index contributed by atoms with van der Waals surface area (Å²) < 4.78 is 4.87. The number of carbonyl (C=O) groups is 1. The van der Waals surface area contributed by atoms with Crippen LogP contribution in [0, 0.1) is 0 Å². The molecule has 0 aromatic carbocycles. The van der Waals surface area contributed by atoms with Crippen LogP contribution < -0.4 is 10.1 Å². The molecule has 1 amide bonds. The van der Waals surface area contributed by atoms with Gasteiger partial charge in [0.2, 0.25) is 12.3 Å². The molecule has 5 heteroatoms. The first-order valence-corrected chi connectivity index (χ1v) is 3.39. The molecule has 1 heterocycles. The van der Waals surface area contributed by atoms with E-state index in [1.165, 1.54) is 7.11 Å². The molecule has 0 fully saturated rings. The van der Waals surface area contributed by atoms with E-state index in [9.17, 15) is 4.79 Å². The number of hydrogen-bond acceptors (Lipinski definition) is 4. The summed E-state index contributed by atoms with van der Waals surface area (Å²) in [5.74, 6) is 1.02. The van der Waals surface area contributed by atoms with Gasteiger partial charge in [-0.25, -0.2) is 4.98 Å². The molecule has 0 aliphatic rings. The van der Waals surface area contributed by atoms with Gasteiger partial charge >= 0.3 is 0 Å². The molecule has 0 saturated heterocycles. The topological polar surface area (TPSA) is 64.1 Å². The summed E-state index contributed by atoms with van der Waals surface area (Å²) in [7, 11) is 1.53. The van der Waals surface area contributed by atoms with Crippen LogP contribution in [0.25, 0.3) is 0 Å². The van der Waals surface area contributed by atoms with Gasteiger partial charge in [0.05, 0.1) is 13.7 Å². The Labute approximate surface area is 69.8 Å². The zero-order valence-corrected chi connectivity index (χ0v) is 6.65. The van der Waals surface area contributed by atoms with Crippen LogP contribution in [-0.4, -0.2) is 23.5 Å². The molecule has 1 rings (SSSR count). The predicted octanol–water partition coefficient (Wildman–Crippen LogP) is -0.269. The minimum atomic E-state index is 0.320. The minimum Gasteiger partial charge on any atom is -0.481 e. The molecule has 0 atom stereocenters. The Bertz CT molecular complexity index is 265. The highest BCUT2D eigenvalue weighted by Crippen LogP contribution is 2.02. The average Bonchev–Trinajstić information content (AvgIpc) is 2.15. The van der Waals surface area contributed by atoms with E-state index in [1.54, 1.807) is 12.3 Å². The second-order valence-corrected chi connectivity index (χ2v) is 2.01. The van der Waals surface area contributed by atoms with E-state index in [2.05, 4.69) is 15.3 Å². The molecular weight excluding hydrogens is 158 g/mol. The van der Waals surface area contributed by atoms with Crippen molar-refractivity contribution in [2.45, 2.75) is 6.54 Å². The van der Waals surface area contributed by atoms with Crippen LogP contribution in [0.1, 0.15) is 5.82 Å². The fourth-order valence-electron chi connectivity index (χ4n) is 0.712. The highest BCUT2D eigenvalue weighted by atomic mass is 16.5. The molecule has 0 unspecified atom stereocenters. The number of aromatic nitrogens is 2. The van der Waals surface area contributed by atoms with Crippen LogP contribution in [0.4, 0.5) is 0 Å². The van der Waals surface area contributed by atoms with Crippen molar-refractivity contribution in [2.24, 2.45) is 0 Å². The van der Waals surface area contributed by atoms with Gasteiger partial charge < -0.3 is 10.1 Å². The predicted molar refractivity (Wildman–Crippen MR) is 41.5 cm³/mol. The summed E-state index contributed by atoms with van der Waals surface area (Å²) in [6, 6.07) is 1.64. The molecule has 1 aromatic rings. The lowest BCUT2D eigenvalue weighted by Gasteiger charge is -2.00. The fraction of sp³-hybridized carbons (Fsp3) is 0.286. The van der Waals surface area contributed by atoms with Gasteiger partial charge in [0.15, 0.2) is 5.82 Å². The van der Waals surface area contributed by atoms with Crippen molar-refractivity contribution in [3.63, 3.8) is 0 Å². The van der Waals surface area contributed by atoms with Crippen molar-refractivity contribution in [1.82, 2.24) is 15.3 Å². The van der Waals surface area contributed by atoms with Crippen molar-refractivity contribution in [2.75, 3.05) is 7.11 Å². The van der Waals surface area contributed by atoms with Gasteiger partial charge in [-0.1, -0.05) is 0 Å². The maximum absolute atomic E-state index is 9.93. The number of nitrogens with zero attached hydrogens (tertiary/aromatic N) is 2. The lowest BCUT2D eigenvalue weighted by atomic mass is 10.5. The summed E-state index contributed by atoms with van der Waals surface area (Å²) in [5.41, 5.74) is 0. The number of ether oxygens (including phenoxy) is 1. The third-order valence-electron chi connectivity index (χ3n) is 1.23. The van der Waals surface area contributed by atoms with E-state index < -0.39 is 0 Å². The minimum absolute atomic E-state index is 0.320. The van der Waals surface area contributed by atoms with Gasteiger partial charge in [-0.05, 0) is 0 Å². The van der Waals surface area contributed by atoms with E-state index in [4.69, 9.17) is 4.74 Å². The van der Waals surface area contributed by atoms with Gasteiger partial charge in [-0.15, -0.1) is 0 Å². The molecule has 0 bridgehead atoms. The van der Waals surface area contributed by atoms with Crippen LogP contribution in [0.5, 0.6) is 5.88 Å². The van der Waals surface area contributed by atoms with Gasteiger partial charge in [0, 0.05) is 12.3 Å². The molecule has 0 radical (unpaired) electrons. The Hall–Kier alpha value is -1.65. The third-order valence-corrected chi connectivity index (χ3v) is 1.23. The molecule has 0 aliphatic carbocycles. The molecule has 0 spiro atoms. The first kappa shape index (κ1) is 8.45. The molecule has 1 N–H and O–H groups in total. The lowest BCUT2D eigenvalue weighted by molar-refractivity contribution is -0.109. The van der Waals surface area contributed by atoms with E-state index in [-0.39, 0.29) is 0 Å². The standard InChI is InChI=1S/C7H9N3O2/c1-12-7-2-3-9-6(10-7)4-8-5-11/h2-3,5H,4H2,1H3,(H,8,11). The van der Waals surface area contributed by atoms with Crippen molar-refractivity contribution >= 4 is 6.41 Å². The average molecular weight is 167 g/mol. The Morgan fingerprint density at radius 2 is 2.58 bits per heavy atom. The van der Waals surface area contributed by atoms with Gasteiger partial charge in [-0.2, -0.15) is 4.98 Å². The van der Waals surface area contributed by atoms with E-state index in [0.29, 0.717) is 24.7 Å². The van der Waals surface area contributed by atoms with E-state index in [1.807, 2.05) is 0 Å². The number of carbonyl (C=O) groups excluding carboxylic acids is 1. The fourth-order valence-corrected chi connectivity index (χ4v) is 0.712. The van der Waals surface area contributed by atoms with Crippen molar-refractivity contribution in [1.29, 1.82) is 0 Å². The Morgan fingerprint density at radius 3 is 3.25 bits per heavy atom. The van der Waals surface area contributed by atoms with Crippen molar-refractivity contribution < 1.29 is 9.53 Å². The Morgan fingerprint density at radius 1 is 1.75 bits per heavy atom. The number of amides is 1. The van der Waals surface area contributed by atoms with E-state index >= 15 is 0 Å². The van der Waals surface area contributed by atoms with Crippen molar-refractivity contribution in [3.05, 3.63) is 18.1 Å². The first-order valence-electron chi connectivity index (χ1n) is 3.39. The number of nitrogens with one attached hydrogen (secondary N) is 1. The zero-order chi connectivity index (χ0) is 8.81. The SMILES string of the molecule is COc1ccnc(CNC=O)n1. The summed E-state index contributed by atoms with van der Waals surface area (Å²) in [6.07, 6.45) is 2.18. The Kier molecular flexibility index (Phi) is 3.01. The van der Waals surface area contributed by atoms with Gasteiger partial charge in [0.1, 0.15) is 0 Å². The van der Waals surface area contributed by atoms with Crippen LogP contribution in [-0.2, 0) is 11.3 Å². The zero-order valence-electron chi connectivity index (χ0n) is 6.65. The van der Waals surface area contributed by atoms with Gasteiger partial charge in [-0.3, -0.25) is 4.79 Å². The Balaban J connectivity index is 2.65. The van der Waals surface area contributed by atoms with Crippen LogP contribution >= 0.6 is 0 Å². The number of rotatable bonds is 4. The van der Waals surface area contributed by atoms with Crippen molar-refractivity contribution in [3.8, 4) is 5.88 Å². The highest BCUT2D eigenvalue weighted by molar-refractivity contribution is 5.45. The summed E-state index contributed by atoms with van der Waals surface area (Å²) >= 11 is 0. The van der Waals surface area contributed by atoms with Crippen LogP contribution in [0.3, 0.4) is 0 Å². The molecule has 12 heavy (non-hydrogen) atoms. The van der Waals surface area contributed by atoms with Gasteiger partial charge in [0.25, 0.3) is 0 Å². The summed E-state index contributed by atoms with van der Waals surface area (Å²) in [6.45, 7) is 0.320. The first-order chi connectivity index (χ1) is 5.86. The highest BCUT2D eigenvalue weighted by Gasteiger charge is 1.96. The van der Waals surface area contributed by atoms with Crippen LogP contribution in [0.15, 0.2) is 12.3 Å². The largest absolute Gasteiger partial charge is 0.481 e. The normalized spacial score (nSPS) is 9.08. The molecule has 1 aromatic heterocycles. The quantitative estimate of drug-likeness (QED) is 0.627. The second kappa shape index (κ2) is 4.27. The summed E-state index contributed by atoms with van der Waals surface area (Å²) in [4.78, 5) is 17.8. The number of methoxy groups -OCH3 is 1. The van der Waals surface area contributed by atoms with Crippen LogP contribution in [0.2, 0.25) is 0 Å². The number of hydrogen-bond donors (Lipinski definition) is 1. The maximum Gasteiger partial charge on any atom is 0.216 e. The lowest BCUT2D eigenvalue weighted by Crippen LogP contribution is -2.12. The molecule has 0 saturated carbocycles. The molecular formula is C7H9N3O2. The second-order valence-electron chi connectivity index (χ2n) is 2.01. The molecule has 0 aliphatic heterocycles. The van der Waals surface area contributed by atoms with E-state index in [0.717, 1.165) is 0 Å². The molecule has 5 nitrogen and oxygen atoms in total. The monoisotopic (exact) mass is 167 g/mol. The molecule has 64 valence electrons. The maximum atomic E-state index is 9.93. The third kappa shape index (κ3) is 2.19.